The SMILES string of the molecule is CNC(=O)CN(C)C(=O)COC(=O)CCN1C(=O)[C@H]2CC=CC[C@H]2C1=O. The number of rotatable bonds is 7. The number of nitrogens with one attached hydrogen (secondary N) is 1. The van der Waals surface area contributed by atoms with Gasteiger partial charge in [-0.05, 0) is 12.8 Å². The second-order valence-electron chi connectivity index (χ2n) is 6.32. The molecular weight excluding hydrogens is 342 g/mol. The van der Waals surface area contributed by atoms with E-state index in [1.807, 2.05) is 12.2 Å². The average molecular weight is 365 g/mol. The predicted octanol–water partition coefficient (Wildman–Crippen LogP) is -0.925. The lowest BCUT2D eigenvalue weighted by atomic mass is 9.85. The summed E-state index contributed by atoms with van der Waals surface area (Å²) in [6, 6.07) is 0. The third-order valence-corrected chi connectivity index (χ3v) is 4.58. The Bertz CT molecular complexity index is 618. The summed E-state index contributed by atoms with van der Waals surface area (Å²) in [5.74, 6) is -2.70. The normalized spacial score (nSPS) is 21.4. The number of imide groups is 1. The van der Waals surface area contributed by atoms with Gasteiger partial charge in [0, 0.05) is 20.6 Å². The van der Waals surface area contributed by atoms with E-state index in [1.54, 1.807) is 0 Å². The van der Waals surface area contributed by atoms with Crippen molar-refractivity contribution in [1.29, 1.82) is 0 Å². The fourth-order valence-corrected chi connectivity index (χ4v) is 3.00. The van der Waals surface area contributed by atoms with Gasteiger partial charge in [0.05, 0.1) is 24.8 Å². The maximum atomic E-state index is 12.3. The van der Waals surface area contributed by atoms with Crippen molar-refractivity contribution in [3.05, 3.63) is 12.2 Å². The molecule has 1 N–H and O–H groups in total. The molecule has 9 heteroatoms. The number of likely N-dealkylation sites (tertiary alicyclic amines) is 1. The van der Waals surface area contributed by atoms with Crippen molar-refractivity contribution in [3.8, 4) is 0 Å². The number of hydrogen-bond donors (Lipinski definition) is 1. The number of fused-ring (bicyclic) bond motifs is 1. The monoisotopic (exact) mass is 365 g/mol. The molecule has 142 valence electrons. The van der Waals surface area contributed by atoms with E-state index in [0.717, 1.165) is 9.80 Å². The highest BCUT2D eigenvalue weighted by Gasteiger charge is 2.46. The summed E-state index contributed by atoms with van der Waals surface area (Å²) in [5, 5.41) is 2.38. The maximum absolute atomic E-state index is 12.3. The maximum Gasteiger partial charge on any atom is 0.308 e. The number of carbonyl (C=O) groups excluding carboxylic acids is 5. The molecule has 0 bridgehead atoms. The van der Waals surface area contributed by atoms with Crippen molar-refractivity contribution in [1.82, 2.24) is 15.1 Å². The van der Waals surface area contributed by atoms with Crippen LogP contribution in [0.2, 0.25) is 0 Å². The van der Waals surface area contributed by atoms with Gasteiger partial charge in [0.15, 0.2) is 6.61 Å². The number of carbonyl (C=O) groups is 5. The van der Waals surface area contributed by atoms with Crippen LogP contribution < -0.4 is 5.32 Å². The molecule has 1 aliphatic heterocycles. The highest BCUT2D eigenvalue weighted by molar-refractivity contribution is 6.05. The molecule has 2 atom stereocenters. The van der Waals surface area contributed by atoms with E-state index in [4.69, 9.17) is 4.74 Å². The number of nitrogens with zero attached hydrogens (tertiary/aromatic N) is 2. The molecule has 0 radical (unpaired) electrons. The van der Waals surface area contributed by atoms with E-state index in [-0.39, 0.29) is 49.1 Å². The van der Waals surface area contributed by atoms with E-state index in [0.29, 0.717) is 12.8 Å². The van der Waals surface area contributed by atoms with Crippen LogP contribution in [0.3, 0.4) is 0 Å². The summed E-state index contributed by atoms with van der Waals surface area (Å²) >= 11 is 0. The fourth-order valence-electron chi connectivity index (χ4n) is 3.00. The molecule has 0 unspecified atom stereocenters. The molecule has 0 aromatic rings. The first kappa shape index (κ1) is 19.6. The molecule has 9 nitrogen and oxygen atoms in total. The smallest absolute Gasteiger partial charge is 0.308 e. The van der Waals surface area contributed by atoms with Gasteiger partial charge in [-0.3, -0.25) is 28.9 Å². The lowest BCUT2D eigenvalue weighted by Gasteiger charge is -2.17. The Morgan fingerprint density at radius 3 is 2.31 bits per heavy atom. The molecule has 4 amide bonds. The van der Waals surface area contributed by atoms with Crippen molar-refractivity contribution < 1.29 is 28.7 Å². The Labute approximate surface area is 151 Å². The van der Waals surface area contributed by atoms with Crippen LogP contribution >= 0.6 is 0 Å². The molecule has 1 saturated heterocycles. The molecule has 2 rings (SSSR count). The lowest BCUT2D eigenvalue weighted by Crippen LogP contribution is -2.39. The van der Waals surface area contributed by atoms with E-state index in [9.17, 15) is 24.0 Å². The van der Waals surface area contributed by atoms with Crippen LogP contribution in [0.5, 0.6) is 0 Å². The zero-order chi connectivity index (χ0) is 19.3. The summed E-state index contributed by atoms with van der Waals surface area (Å²) < 4.78 is 4.87. The number of amides is 4. The summed E-state index contributed by atoms with van der Waals surface area (Å²) in [5.41, 5.74) is 0. The summed E-state index contributed by atoms with van der Waals surface area (Å²) in [7, 11) is 2.87. The zero-order valence-electron chi connectivity index (χ0n) is 14.9. The minimum Gasteiger partial charge on any atom is -0.456 e. The minimum atomic E-state index is -0.680. The first-order valence-electron chi connectivity index (χ1n) is 8.45. The largest absolute Gasteiger partial charge is 0.456 e. The number of esters is 1. The second kappa shape index (κ2) is 8.59. The molecule has 1 fully saturated rings. The molecule has 1 aliphatic carbocycles. The van der Waals surface area contributed by atoms with Crippen LogP contribution in [0.25, 0.3) is 0 Å². The number of likely N-dealkylation sites (N-methyl/N-ethyl adjacent to an activating group) is 2. The summed E-state index contributed by atoms with van der Waals surface area (Å²) in [4.78, 5) is 61.6. The number of ether oxygens (including phenoxy) is 1. The molecule has 1 heterocycles. The van der Waals surface area contributed by atoms with Crippen molar-refractivity contribution in [2.75, 3.05) is 33.8 Å². The van der Waals surface area contributed by atoms with Crippen molar-refractivity contribution in [2.45, 2.75) is 19.3 Å². The van der Waals surface area contributed by atoms with Crippen molar-refractivity contribution in [3.63, 3.8) is 0 Å². The third kappa shape index (κ3) is 4.47. The van der Waals surface area contributed by atoms with Crippen molar-refractivity contribution in [2.24, 2.45) is 11.8 Å². The Hall–Kier alpha value is -2.71. The Kier molecular flexibility index (Phi) is 6.48. The van der Waals surface area contributed by atoms with Gasteiger partial charge in [-0.2, -0.15) is 0 Å². The Balaban J connectivity index is 1.75. The van der Waals surface area contributed by atoms with E-state index in [2.05, 4.69) is 5.32 Å². The van der Waals surface area contributed by atoms with Gasteiger partial charge < -0.3 is 15.0 Å². The lowest BCUT2D eigenvalue weighted by molar-refractivity contribution is -0.152. The Morgan fingerprint density at radius 1 is 1.19 bits per heavy atom. The van der Waals surface area contributed by atoms with Crippen LogP contribution in [-0.4, -0.2) is 73.2 Å². The van der Waals surface area contributed by atoms with Gasteiger partial charge >= 0.3 is 5.97 Å². The topological polar surface area (TPSA) is 113 Å². The van der Waals surface area contributed by atoms with Crippen molar-refractivity contribution >= 4 is 29.6 Å². The first-order valence-corrected chi connectivity index (χ1v) is 8.45. The molecule has 0 aromatic heterocycles. The highest BCUT2D eigenvalue weighted by Crippen LogP contribution is 2.34. The van der Waals surface area contributed by atoms with Gasteiger partial charge in [0.2, 0.25) is 17.7 Å². The van der Waals surface area contributed by atoms with Crippen LogP contribution in [0, 0.1) is 11.8 Å². The molecule has 0 spiro atoms. The van der Waals surface area contributed by atoms with Crippen LogP contribution in [0.1, 0.15) is 19.3 Å². The summed E-state index contributed by atoms with van der Waals surface area (Å²) in [6.07, 6.45) is 4.71. The molecule has 26 heavy (non-hydrogen) atoms. The van der Waals surface area contributed by atoms with Gasteiger partial charge in [0.25, 0.3) is 5.91 Å². The van der Waals surface area contributed by atoms with Crippen LogP contribution in [-0.2, 0) is 28.7 Å². The first-order chi connectivity index (χ1) is 12.3. The zero-order valence-corrected chi connectivity index (χ0v) is 14.9. The fraction of sp³-hybridized carbons (Fsp3) is 0.588. The molecular formula is C17H23N3O6. The predicted molar refractivity (Wildman–Crippen MR) is 89.4 cm³/mol. The third-order valence-electron chi connectivity index (χ3n) is 4.58. The number of hydrogen-bond acceptors (Lipinski definition) is 6. The average Bonchev–Trinajstić information content (AvgIpc) is 2.88. The van der Waals surface area contributed by atoms with E-state index < -0.39 is 18.5 Å². The standard InChI is InChI=1S/C17H23N3O6/c1-18-13(21)9-19(2)14(22)10-26-15(23)7-8-20-16(24)11-5-3-4-6-12(11)17(20)25/h3-4,11-12H,5-10H2,1-2H3,(H,18,21)/t11-,12+. The molecule has 0 aromatic carbocycles. The van der Waals surface area contributed by atoms with Gasteiger partial charge in [-0.15, -0.1) is 0 Å². The quantitative estimate of drug-likeness (QED) is 0.354. The Morgan fingerprint density at radius 2 is 1.77 bits per heavy atom. The van der Waals surface area contributed by atoms with E-state index >= 15 is 0 Å². The van der Waals surface area contributed by atoms with E-state index in [1.165, 1.54) is 14.1 Å². The molecule has 2 aliphatic rings. The second-order valence-corrected chi connectivity index (χ2v) is 6.32. The highest BCUT2D eigenvalue weighted by atomic mass is 16.5. The van der Waals surface area contributed by atoms with Crippen LogP contribution in [0.15, 0.2) is 12.2 Å². The number of allylic oxidation sites excluding steroid dienone is 2. The minimum absolute atomic E-state index is 0.0498. The van der Waals surface area contributed by atoms with Crippen LogP contribution in [0.4, 0.5) is 0 Å². The van der Waals surface area contributed by atoms with Gasteiger partial charge in [0.1, 0.15) is 0 Å². The molecule has 0 saturated carbocycles. The van der Waals surface area contributed by atoms with Gasteiger partial charge in [-0.25, -0.2) is 0 Å². The summed E-state index contributed by atoms with van der Waals surface area (Å²) in [6.45, 7) is -0.685. The van der Waals surface area contributed by atoms with Gasteiger partial charge in [-0.1, -0.05) is 12.2 Å².